The summed E-state index contributed by atoms with van der Waals surface area (Å²) in [6.45, 7) is 8.44. The number of anilines is 1. The van der Waals surface area contributed by atoms with Crippen LogP contribution in [0.15, 0.2) is 15.8 Å². The Hall–Kier alpha value is -2.23. The average Bonchev–Trinajstić information content (AvgIpc) is 3.25. The van der Waals surface area contributed by atoms with Crippen LogP contribution in [0, 0.1) is 18.3 Å². The predicted molar refractivity (Wildman–Crippen MR) is 112 cm³/mol. The van der Waals surface area contributed by atoms with Crippen molar-refractivity contribution < 1.29 is 4.74 Å². The second-order valence-corrected chi connectivity index (χ2v) is 9.16. The number of hydrogen-bond acceptors (Lipinski definition) is 7. The Kier molecular flexibility index (Phi) is 4.79. The first kappa shape index (κ1) is 20.1. The van der Waals surface area contributed by atoms with Gasteiger partial charge in [0.05, 0.1) is 30.0 Å². The maximum atomic E-state index is 12.6. The average molecular weight is 402 g/mol. The van der Waals surface area contributed by atoms with Crippen molar-refractivity contribution in [3.05, 3.63) is 32.6 Å². The van der Waals surface area contributed by atoms with E-state index < -0.39 is 11.2 Å². The Labute approximate surface area is 169 Å². The molecule has 9 nitrogen and oxygen atoms in total. The molecule has 4 rings (SSSR count). The molecule has 5 N–H and O–H groups in total. The molecule has 9 heteroatoms. The van der Waals surface area contributed by atoms with Crippen LogP contribution < -0.4 is 27.6 Å². The summed E-state index contributed by atoms with van der Waals surface area (Å²) in [6, 6.07) is -0.248. The summed E-state index contributed by atoms with van der Waals surface area (Å²) < 4.78 is 6.89. The van der Waals surface area contributed by atoms with E-state index in [-0.39, 0.29) is 35.0 Å². The molecule has 158 valence electrons. The van der Waals surface area contributed by atoms with Gasteiger partial charge < -0.3 is 21.1 Å². The molecule has 1 aliphatic heterocycles. The molecule has 29 heavy (non-hydrogen) atoms. The summed E-state index contributed by atoms with van der Waals surface area (Å²) in [5.74, 6) is 0.246. The Morgan fingerprint density at radius 1 is 1.41 bits per heavy atom. The number of H-pyrrole nitrogens is 1. The molecule has 4 unspecified atom stereocenters. The van der Waals surface area contributed by atoms with Gasteiger partial charge in [-0.25, -0.2) is 9.78 Å². The van der Waals surface area contributed by atoms with Gasteiger partial charge in [0, 0.05) is 43.8 Å². The zero-order chi connectivity index (χ0) is 21.1. The second kappa shape index (κ2) is 6.93. The highest BCUT2D eigenvalue weighted by molar-refractivity contribution is 5.83. The van der Waals surface area contributed by atoms with Crippen molar-refractivity contribution >= 4 is 16.7 Å². The quantitative estimate of drug-likeness (QED) is 0.646. The van der Waals surface area contributed by atoms with Crippen LogP contribution in [0.1, 0.15) is 31.9 Å². The number of nitrogens with one attached hydrogen (secondary N) is 1. The number of pyridine rings is 1. The first-order valence-corrected chi connectivity index (χ1v) is 10.0. The van der Waals surface area contributed by atoms with Crippen molar-refractivity contribution in [2.24, 2.45) is 22.8 Å². The number of aryl methyl sites for hydroxylation is 1. The second-order valence-electron chi connectivity index (χ2n) is 9.16. The lowest BCUT2D eigenvalue weighted by Gasteiger charge is -2.29. The van der Waals surface area contributed by atoms with Gasteiger partial charge in [0.15, 0.2) is 5.52 Å². The van der Waals surface area contributed by atoms with Crippen molar-refractivity contribution in [1.29, 1.82) is 0 Å². The molecule has 0 spiro atoms. The minimum absolute atomic E-state index is 0.00792. The number of hydrogen-bond donors (Lipinski definition) is 3. The minimum atomic E-state index is -0.466. The van der Waals surface area contributed by atoms with Crippen LogP contribution >= 0.6 is 0 Å². The first-order valence-electron chi connectivity index (χ1n) is 10.0. The highest BCUT2D eigenvalue weighted by Gasteiger charge is 2.43. The lowest BCUT2D eigenvalue weighted by molar-refractivity contribution is 0.130. The summed E-state index contributed by atoms with van der Waals surface area (Å²) in [5.41, 5.74) is 14.1. The van der Waals surface area contributed by atoms with Crippen LogP contribution in [0.5, 0.6) is 0 Å². The van der Waals surface area contributed by atoms with E-state index in [0.717, 1.165) is 30.8 Å². The van der Waals surface area contributed by atoms with Crippen LogP contribution in [0.25, 0.3) is 11.0 Å². The Bertz CT molecular complexity index is 1060. The van der Waals surface area contributed by atoms with E-state index in [1.54, 1.807) is 17.9 Å². The number of aromatic amines is 1. The van der Waals surface area contributed by atoms with Crippen LogP contribution in [0.2, 0.25) is 0 Å². The third-order valence-electron chi connectivity index (χ3n) is 6.55. The van der Waals surface area contributed by atoms with Gasteiger partial charge >= 0.3 is 5.69 Å². The normalized spacial score (nSPS) is 26.8. The van der Waals surface area contributed by atoms with Crippen LogP contribution in [0.3, 0.4) is 0 Å². The summed E-state index contributed by atoms with van der Waals surface area (Å²) in [4.78, 5) is 34.0. The zero-order valence-electron chi connectivity index (χ0n) is 17.4. The largest absolute Gasteiger partial charge is 0.383 e. The number of ether oxygens (including phenoxy) is 1. The molecule has 2 aliphatic rings. The fourth-order valence-corrected chi connectivity index (χ4v) is 4.86. The molecule has 2 aromatic rings. The Morgan fingerprint density at radius 2 is 2.10 bits per heavy atom. The van der Waals surface area contributed by atoms with Crippen molar-refractivity contribution in [3.8, 4) is 0 Å². The molecule has 2 fully saturated rings. The lowest BCUT2D eigenvalue weighted by atomic mass is 9.78. The summed E-state index contributed by atoms with van der Waals surface area (Å²) in [7, 11) is 1.66. The monoisotopic (exact) mass is 402 g/mol. The van der Waals surface area contributed by atoms with Gasteiger partial charge in [-0.1, -0.05) is 13.8 Å². The van der Waals surface area contributed by atoms with Crippen molar-refractivity contribution in [3.63, 3.8) is 0 Å². The molecule has 0 bridgehead atoms. The molecule has 1 aliphatic carbocycles. The molecule has 1 saturated heterocycles. The minimum Gasteiger partial charge on any atom is -0.383 e. The summed E-state index contributed by atoms with van der Waals surface area (Å²) in [6.07, 6.45) is 2.45. The van der Waals surface area contributed by atoms with Crippen LogP contribution in [-0.2, 0) is 4.74 Å². The van der Waals surface area contributed by atoms with Crippen molar-refractivity contribution in [1.82, 2.24) is 14.5 Å². The fourth-order valence-electron chi connectivity index (χ4n) is 4.86. The van der Waals surface area contributed by atoms with E-state index >= 15 is 0 Å². The maximum absolute atomic E-state index is 12.6. The van der Waals surface area contributed by atoms with Gasteiger partial charge in [-0.3, -0.25) is 14.3 Å². The maximum Gasteiger partial charge on any atom is 0.329 e. The van der Waals surface area contributed by atoms with Crippen LogP contribution in [-0.4, -0.2) is 53.4 Å². The first-order chi connectivity index (χ1) is 13.7. The third kappa shape index (κ3) is 3.27. The Balaban J connectivity index is 1.81. The molecule has 0 radical (unpaired) electrons. The standard InChI is InChI=1S/C20H30N6O3/c1-10-15(25-7-11(13(22)8-29-4)20(2,3)9-25)6-23-16-17(10)26(14-5-12(14)21)19(28)24-18(16)27/h6,11-14H,5,7-9,21-22H2,1-4H3,(H,24,27,28). The lowest BCUT2D eigenvalue weighted by Crippen LogP contribution is -2.42. The molecule has 2 aromatic heterocycles. The van der Waals surface area contributed by atoms with Gasteiger partial charge in [0.25, 0.3) is 5.56 Å². The van der Waals surface area contributed by atoms with Gasteiger partial charge in [-0.05, 0) is 18.8 Å². The number of methoxy groups -OCH3 is 1. The van der Waals surface area contributed by atoms with E-state index in [0.29, 0.717) is 12.1 Å². The fraction of sp³-hybridized carbons (Fsp3) is 0.650. The molecule has 0 aromatic carbocycles. The molecular formula is C20H30N6O3. The molecular weight excluding hydrogens is 372 g/mol. The summed E-state index contributed by atoms with van der Waals surface area (Å²) >= 11 is 0. The number of rotatable bonds is 5. The predicted octanol–water partition coefficient (Wildman–Crippen LogP) is 0.101. The number of fused-ring (bicyclic) bond motifs is 1. The van der Waals surface area contributed by atoms with E-state index in [4.69, 9.17) is 16.2 Å². The van der Waals surface area contributed by atoms with E-state index in [1.807, 2.05) is 6.92 Å². The number of nitrogens with zero attached hydrogens (tertiary/aromatic N) is 3. The molecule has 0 amide bonds. The summed E-state index contributed by atoms with van der Waals surface area (Å²) in [5, 5.41) is 0. The van der Waals surface area contributed by atoms with Crippen molar-refractivity contribution in [2.75, 3.05) is 31.7 Å². The third-order valence-corrected chi connectivity index (χ3v) is 6.55. The highest BCUT2D eigenvalue weighted by Crippen LogP contribution is 2.41. The highest BCUT2D eigenvalue weighted by atomic mass is 16.5. The topological polar surface area (TPSA) is 132 Å². The zero-order valence-corrected chi connectivity index (χ0v) is 17.4. The van der Waals surface area contributed by atoms with Gasteiger partial charge in [0.1, 0.15) is 0 Å². The molecule has 3 heterocycles. The van der Waals surface area contributed by atoms with Crippen LogP contribution in [0.4, 0.5) is 5.69 Å². The molecule has 4 atom stereocenters. The van der Waals surface area contributed by atoms with Gasteiger partial charge in [0.2, 0.25) is 0 Å². The van der Waals surface area contributed by atoms with E-state index in [9.17, 15) is 9.59 Å². The van der Waals surface area contributed by atoms with Gasteiger partial charge in [-0.2, -0.15) is 0 Å². The van der Waals surface area contributed by atoms with Crippen molar-refractivity contribution in [2.45, 2.75) is 45.3 Å². The SMILES string of the molecule is COCC(N)C1CN(c2cnc3c(=O)[nH]c(=O)n(C4CC4N)c3c2C)CC1(C)C. The Morgan fingerprint density at radius 3 is 2.72 bits per heavy atom. The number of nitrogens with two attached hydrogens (primary N) is 2. The van der Waals surface area contributed by atoms with E-state index in [2.05, 4.69) is 28.7 Å². The number of aromatic nitrogens is 3. The van der Waals surface area contributed by atoms with E-state index in [1.165, 1.54) is 0 Å². The molecule has 1 saturated carbocycles. The smallest absolute Gasteiger partial charge is 0.329 e. The van der Waals surface area contributed by atoms with Gasteiger partial charge in [-0.15, -0.1) is 0 Å².